The van der Waals surface area contributed by atoms with Gasteiger partial charge >= 0.3 is 19.3 Å². The van der Waals surface area contributed by atoms with Crippen LogP contribution < -0.4 is 8.43 Å². The van der Waals surface area contributed by atoms with Gasteiger partial charge in [-0.05, 0) is 12.1 Å². The zero-order valence-electron chi connectivity index (χ0n) is 6.10. The molecule has 1 aromatic carbocycles. The molecule has 4 heteroatoms. The Kier molecular flexibility index (Phi) is 3.79. The number of rotatable bonds is 2. The van der Waals surface area contributed by atoms with E-state index in [4.69, 9.17) is 25.4 Å². The summed E-state index contributed by atoms with van der Waals surface area (Å²) in [7, 11) is 7.40. The summed E-state index contributed by atoms with van der Waals surface area (Å²) in [6, 6.07) is 5.53. The third kappa shape index (κ3) is 2.41. The number of benzene rings is 1. The van der Waals surface area contributed by atoms with Crippen LogP contribution in [0.4, 0.5) is 0 Å². The van der Waals surface area contributed by atoms with Crippen LogP contribution in [-0.2, 0) is 0 Å². The minimum atomic E-state index is -0.676. The van der Waals surface area contributed by atoms with Crippen LogP contribution in [0.5, 0.6) is 5.75 Å². The lowest BCUT2D eigenvalue weighted by molar-refractivity contribution is 0.418. The Morgan fingerprint density at radius 1 is 1.45 bits per heavy atom. The fraction of sp³-hybridized carbons (Fsp3) is 0.143. The molecule has 1 aromatic rings. The van der Waals surface area contributed by atoms with Crippen molar-refractivity contribution in [2.75, 3.05) is 7.11 Å². The van der Waals surface area contributed by atoms with Crippen molar-refractivity contribution in [3.05, 3.63) is 23.2 Å². The van der Waals surface area contributed by atoms with Crippen molar-refractivity contribution in [1.82, 2.24) is 0 Å². The van der Waals surface area contributed by atoms with Crippen molar-refractivity contribution in [2.45, 2.75) is 0 Å². The van der Waals surface area contributed by atoms with E-state index in [9.17, 15) is 0 Å². The van der Waals surface area contributed by atoms with Gasteiger partial charge in [0.25, 0.3) is 0 Å². The summed E-state index contributed by atoms with van der Waals surface area (Å²) in [5.74, 6) is 0.805. The van der Waals surface area contributed by atoms with Gasteiger partial charge in [0.2, 0.25) is 0 Å². The molecule has 0 saturated carbocycles. The van der Waals surface area contributed by atoms with Crippen LogP contribution in [0.25, 0.3) is 0 Å². The second-order valence-electron chi connectivity index (χ2n) is 2.09. The zero-order chi connectivity index (χ0) is 8.27. The first-order valence-electron chi connectivity index (χ1n) is 3.16. The molecule has 0 amide bonds. The van der Waals surface area contributed by atoms with E-state index in [0.29, 0.717) is 5.02 Å². The molecule has 1 nitrogen and oxygen atoms in total. The largest absolute Gasteiger partial charge is 0.543 e. The van der Waals surface area contributed by atoms with Gasteiger partial charge in [-0.25, -0.2) is 0 Å². The van der Waals surface area contributed by atoms with Gasteiger partial charge in [-0.3, -0.25) is 0 Å². The van der Waals surface area contributed by atoms with Crippen LogP contribution >= 0.6 is 20.7 Å². The minimum Gasteiger partial charge on any atom is -0.499 e. The quantitative estimate of drug-likeness (QED) is 0.663. The van der Waals surface area contributed by atoms with Crippen molar-refractivity contribution in [3.8, 4) is 5.75 Å². The lowest BCUT2D eigenvalue weighted by atomic mass is 10.3. The van der Waals surface area contributed by atoms with Crippen LogP contribution in [0.2, 0.25) is 5.02 Å². The van der Waals surface area contributed by atoms with Crippen molar-refractivity contribution in [2.24, 2.45) is 0 Å². The van der Waals surface area contributed by atoms with Gasteiger partial charge in [0, 0.05) is 5.02 Å². The number of hydrogen-bond acceptors (Lipinski definition) is 1. The topological polar surface area (TPSA) is 9.23 Å². The molecule has 0 radical (unpaired) electrons. The van der Waals surface area contributed by atoms with Gasteiger partial charge in [0.15, 0.2) is 0 Å². The first-order valence-corrected chi connectivity index (χ1v) is 6.38. The van der Waals surface area contributed by atoms with Crippen LogP contribution in [0.15, 0.2) is 18.2 Å². The molecule has 0 bridgehead atoms. The molecule has 0 aliphatic heterocycles. The summed E-state index contributed by atoms with van der Waals surface area (Å²) in [6.45, 7) is 0. The molecule has 0 atom stereocenters. The first-order chi connectivity index (χ1) is 5.27. The molecule has 0 aliphatic carbocycles. The maximum Gasteiger partial charge on any atom is 0.543 e. The minimum absolute atomic E-state index is 0.676. The van der Waals surface area contributed by atoms with E-state index in [2.05, 4.69) is 0 Å². The van der Waals surface area contributed by atoms with Gasteiger partial charge in [0.05, 0.1) is 12.9 Å². The molecule has 0 spiro atoms. The summed E-state index contributed by atoms with van der Waals surface area (Å²) in [4.78, 5) is 0. The van der Waals surface area contributed by atoms with E-state index in [1.54, 1.807) is 13.2 Å². The fourth-order valence-electron chi connectivity index (χ4n) is 0.829. The third-order valence-corrected chi connectivity index (χ3v) is 3.36. The van der Waals surface area contributed by atoms with E-state index in [0.717, 1.165) is 9.44 Å². The average molecular weight is 201 g/mol. The molecule has 1 rings (SSSR count). The summed E-state index contributed by atoms with van der Waals surface area (Å²) >= 11 is 5.07. The predicted octanol–water partition coefficient (Wildman–Crippen LogP) is 1.83. The second-order valence-corrected chi connectivity index (χ2v) is 4.36. The number of ether oxygens (including phenoxy) is 1. The summed E-state index contributed by atoms with van der Waals surface area (Å²) < 4.78 is 6.18. The first kappa shape index (κ1) is 9.45. The number of hydrogen-bond donors (Lipinski definition) is 0. The Balaban J connectivity index is 3.06. The monoisotopic (exact) mass is 200 g/mol. The highest BCUT2D eigenvalue weighted by atomic mass is 35.5. The predicted molar refractivity (Wildman–Crippen MR) is 49.2 cm³/mol. The molecule has 0 unspecified atom stereocenters. The molecule has 56 valence electrons. The molecule has 0 fully saturated rings. The molecule has 0 N–H and O–H groups in total. The summed E-state index contributed by atoms with van der Waals surface area (Å²) in [5, 5.41) is 0.685. The molecule has 11 heavy (non-hydrogen) atoms. The Morgan fingerprint density at radius 3 is 2.73 bits per heavy atom. The van der Waals surface area contributed by atoms with Crippen molar-refractivity contribution in [1.29, 1.82) is 0 Å². The Morgan fingerprint density at radius 2 is 2.18 bits per heavy atom. The van der Waals surface area contributed by atoms with Crippen LogP contribution in [0, 0.1) is 0 Å². The Bertz CT molecular complexity index is 252. The molecular formula is C7H6Cl2MgO. The average Bonchev–Trinajstić information content (AvgIpc) is 2.04. The normalized spacial score (nSPS) is 9.00. The van der Waals surface area contributed by atoms with Crippen LogP contribution in [0.3, 0.4) is 0 Å². The maximum absolute atomic E-state index is 5.78. The van der Waals surface area contributed by atoms with Crippen LogP contribution in [0.1, 0.15) is 0 Å². The maximum atomic E-state index is 5.78. The van der Waals surface area contributed by atoms with Gasteiger partial charge in [-0.2, -0.15) is 0 Å². The smallest absolute Gasteiger partial charge is 0.499 e. The third-order valence-electron chi connectivity index (χ3n) is 1.39. The van der Waals surface area contributed by atoms with E-state index in [-0.39, 0.29) is 0 Å². The lowest BCUT2D eigenvalue weighted by Crippen LogP contribution is -2.11. The van der Waals surface area contributed by atoms with E-state index < -0.39 is 19.3 Å². The van der Waals surface area contributed by atoms with Gasteiger partial charge < -0.3 is 13.8 Å². The highest BCUT2D eigenvalue weighted by Gasteiger charge is 2.03. The Hall–Kier alpha value is 0.366. The van der Waals surface area contributed by atoms with Crippen molar-refractivity contribution < 1.29 is 4.74 Å². The van der Waals surface area contributed by atoms with Gasteiger partial charge in [-0.15, -0.1) is 3.69 Å². The zero-order valence-corrected chi connectivity index (χ0v) is 9.03. The SMILES string of the molecule is COc1cc(Cl)cc[c]1[Mg][Cl]. The van der Waals surface area contributed by atoms with Gasteiger partial charge in [0.1, 0.15) is 0 Å². The molecular weight excluding hydrogens is 195 g/mol. The molecule has 0 heterocycles. The summed E-state index contributed by atoms with van der Waals surface area (Å²) in [6.07, 6.45) is 0. The highest BCUT2D eigenvalue weighted by molar-refractivity contribution is 7.01. The van der Waals surface area contributed by atoms with E-state index in [1.807, 2.05) is 12.1 Å². The van der Waals surface area contributed by atoms with Crippen molar-refractivity contribution in [3.63, 3.8) is 0 Å². The van der Waals surface area contributed by atoms with E-state index in [1.165, 1.54) is 0 Å². The summed E-state index contributed by atoms with van der Waals surface area (Å²) in [5.41, 5.74) is 0. The fourth-order valence-corrected chi connectivity index (χ4v) is 2.24. The molecule has 0 aliphatic rings. The van der Waals surface area contributed by atoms with Crippen LogP contribution in [-0.4, -0.2) is 26.4 Å². The highest BCUT2D eigenvalue weighted by Crippen LogP contribution is 2.14. The Labute approximate surface area is 84.1 Å². The van der Waals surface area contributed by atoms with E-state index >= 15 is 0 Å². The number of methoxy groups -OCH3 is 1. The number of halogens is 2. The second kappa shape index (κ2) is 4.41. The molecule has 0 saturated heterocycles. The standard InChI is InChI=1S/C7H6ClO.ClH.Mg/c1-9-7-4-2-3-6(8)5-7;;/h2-3,5H,1H3;1H;/q;;+1/p-1. The molecule has 0 aromatic heterocycles. The van der Waals surface area contributed by atoms with Gasteiger partial charge in [-0.1, -0.05) is 17.7 Å². The lowest BCUT2D eigenvalue weighted by Gasteiger charge is -2.05. The van der Waals surface area contributed by atoms with Crippen molar-refractivity contribution >= 4 is 43.6 Å².